The monoisotopic (exact) mass is 440 g/mol. The fraction of sp³-hybridized carbons (Fsp3) is 0.375. The van der Waals surface area contributed by atoms with Crippen molar-refractivity contribution in [3.05, 3.63) is 44.6 Å². The maximum absolute atomic E-state index is 12.2. The minimum atomic E-state index is -0.248. The van der Waals surface area contributed by atoms with Crippen LogP contribution in [-0.2, 0) is 6.54 Å². The number of rotatable bonds is 4. The van der Waals surface area contributed by atoms with E-state index < -0.39 is 0 Å². The summed E-state index contributed by atoms with van der Waals surface area (Å²) in [6.45, 7) is 3.34. The minimum absolute atomic E-state index is 0.248. The SMILES string of the molecule is O=C(Nc1ccc(CN2CCCCC2)cc1)c1n[nH]c(Br)c1Br. The molecular weight excluding hydrogens is 424 g/mol. The van der Waals surface area contributed by atoms with Gasteiger partial charge in [-0.25, -0.2) is 0 Å². The van der Waals surface area contributed by atoms with Crippen LogP contribution in [0, 0.1) is 0 Å². The van der Waals surface area contributed by atoms with Gasteiger partial charge in [-0.05, 0) is 75.5 Å². The van der Waals surface area contributed by atoms with Gasteiger partial charge in [-0.3, -0.25) is 14.8 Å². The van der Waals surface area contributed by atoms with Gasteiger partial charge in [-0.1, -0.05) is 18.6 Å². The second kappa shape index (κ2) is 7.59. The number of piperidine rings is 1. The normalized spacial score (nSPS) is 15.6. The molecule has 0 spiro atoms. The fourth-order valence-electron chi connectivity index (χ4n) is 2.72. The lowest BCUT2D eigenvalue weighted by Crippen LogP contribution is -2.29. The maximum Gasteiger partial charge on any atom is 0.277 e. The first-order valence-electron chi connectivity index (χ1n) is 7.65. The molecule has 7 heteroatoms. The van der Waals surface area contributed by atoms with E-state index in [0.717, 1.165) is 12.2 Å². The smallest absolute Gasteiger partial charge is 0.277 e. The Morgan fingerprint density at radius 1 is 1.17 bits per heavy atom. The van der Waals surface area contributed by atoms with Gasteiger partial charge in [0.2, 0.25) is 0 Å². The lowest BCUT2D eigenvalue weighted by atomic mass is 10.1. The summed E-state index contributed by atoms with van der Waals surface area (Å²) in [5, 5.41) is 9.54. The number of amides is 1. The van der Waals surface area contributed by atoms with Crippen LogP contribution in [0.15, 0.2) is 33.3 Å². The standard InChI is InChI=1S/C16H18Br2N4O/c17-13-14(20-21-15(13)18)16(23)19-12-6-4-11(5-7-12)10-22-8-2-1-3-9-22/h4-7H,1-3,8-10H2,(H,19,23)(H,20,21). The Hall–Kier alpha value is -1.18. The molecule has 1 saturated heterocycles. The summed E-state index contributed by atoms with van der Waals surface area (Å²) in [5.41, 5.74) is 2.37. The van der Waals surface area contributed by atoms with Crippen molar-refractivity contribution in [1.29, 1.82) is 0 Å². The molecule has 1 fully saturated rings. The number of carbonyl (C=O) groups excluding carboxylic acids is 1. The first-order chi connectivity index (χ1) is 11.1. The lowest BCUT2D eigenvalue weighted by Gasteiger charge is -2.26. The molecule has 1 aliphatic rings. The average molecular weight is 442 g/mol. The van der Waals surface area contributed by atoms with E-state index in [4.69, 9.17) is 0 Å². The lowest BCUT2D eigenvalue weighted by molar-refractivity contribution is 0.102. The van der Waals surface area contributed by atoms with Crippen molar-refractivity contribution >= 4 is 43.5 Å². The van der Waals surface area contributed by atoms with E-state index in [1.54, 1.807) is 0 Å². The average Bonchev–Trinajstić information content (AvgIpc) is 2.90. The van der Waals surface area contributed by atoms with Crippen LogP contribution in [-0.4, -0.2) is 34.1 Å². The molecule has 122 valence electrons. The molecule has 0 saturated carbocycles. The van der Waals surface area contributed by atoms with Crippen LogP contribution in [0.25, 0.3) is 0 Å². The minimum Gasteiger partial charge on any atom is -0.321 e. The molecule has 1 aliphatic heterocycles. The number of aromatic amines is 1. The summed E-state index contributed by atoms with van der Waals surface area (Å²) >= 11 is 6.60. The van der Waals surface area contributed by atoms with Crippen LogP contribution >= 0.6 is 31.9 Å². The highest BCUT2D eigenvalue weighted by Crippen LogP contribution is 2.24. The molecule has 23 heavy (non-hydrogen) atoms. The Balaban J connectivity index is 1.60. The Bertz CT molecular complexity index is 678. The molecule has 1 aromatic carbocycles. The molecule has 1 aromatic heterocycles. The second-order valence-electron chi connectivity index (χ2n) is 5.69. The predicted octanol–water partition coefficient (Wildman–Crippen LogP) is 4.17. The zero-order valence-corrected chi connectivity index (χ0v) is 15.8. The first kappa shape index (κ1) is 16.7. The van der Waals surface area contributed by atoms with Crippen LogP contribution in [0.2, 0.25) is 0 Å². The first-order valence-corrected chi connectivity index (χ1v) is 9.24. The van der Waals surface area contributed by atoms with Gasteiger partial charge in [0.05, 0.1) is 4.47 Å². The van der Waals surface area contributed by atoms with E-state index in [1.807, 2.05) is 12.1 Å². The van der Waals surface area contributed by atoms with Crippen molar-refractivity contribution in [2.24, 2.45) is 0 Å². The topological polar surface area (TPSA) is 61.0 Å². The van der Waals surface area contributed by atoms with E-state index >= 15 is 0 Å². The number of hydrogen-bond acceptors (Lipinski definition) is 3. The summed E-state index contributed by atoms with van der Waals surface area (Å²) in [6, 6.07) is 8.01. The number of nitrogens with one attached hydrogen (secondary N) is 2. The van der Waals surface area contributed by atoms with Gasteiger partial charge < -0.3 is 5.32 Å². The van der Waals surface area contributed by atoms with Crippen LogP contribution < -0.4 is 5.32 Å². The number of aromatic nitrogens is 2. The second-order valence-corrected chi connectivity index (χ2v) is 7.27. The third-order valence-corrected chi connectivity index (χ3v) is 5.83. The molecule has 0 aliphatic carbocycles. The Labute approximate surface area is 152 Å². The van der Waals surface area contributed by atoms with Crippen LogP contribution in [0.3, 0.4) is 0 Å². The zero-order chi connectivity index (χ0) is 16.2. The summed E-state index contributed by atoms with van der Waals surface area (Å²) in [6.07, 6.45) is 3.94. The molecule has 0 radical (unpaired) electrons. The van der Waals surface area contributed by atoms with Crippen LogP contribution in [0.1, 0.15) is 35.3 Å². The van der Waals surface area contributed by atoms with Crippen molar-refractivity contribution in [3.8, 4) is 0 Å². The molecule has 2 aromatic rings. The van der Waals surface area contributed by atoms with E-state index in [1.165, 1.54) is 37.9 Å². The zero-order valence-electron chi connectivity index (χ0n) is 12.6. The van der Waals surface area contributed by atoms with E-state index in [2.05, 4.69) is 64.4 Å². The molecule has 0 unspecified atom stereocenters. The van der Waals surface area contributed by atoms with Gasteiger partial charge in [-0.2, -0.15) is 5.10 Å². The number of nitrogens with zero attached hydrogens (tertiary/aromatic N) is 2. The Morgan fingerprint density at radius 2 is 1.87 bits per heavy atom. The number of halogens is 2. The predicted molar refractivity (Wildman–Crippen MR) is 97.5 cm³/mol. The third kappa shape index (κ3) is 4.22. The molecule has 1 amide bonds. The van der Waals surface area contributed by atoms with Crippen molar-refractivity contribution in [2.45, 2.75) is 25.8 Å². The molecular formula is C16H18Br2N4O. The Morgan fingerprint density at radius 3 is 2.48 bits per heavy atom. The van der Waals surface area contributed by atoms with Gasteiger partial charge in [0.1, 0.15) is 4.60 Å². The fourth-order valence-corrected chi connectivity index (χ4v) is 3.35. The number of H-pyrrole nitrogens is 1. The summed E-state index contributed by atoms with van der Waals surface area (Å²) in [7, 11) is 0. The van der Waals surface area contributed by atoms with Gasteiger partial charge in [-0.15, -0.1) is 0 Å². The number of carbonyl (C=O) groups is 1. The quantitative estimate of drug-likeness (QED) is 0.748. The highest BCUT2D eigenvalue weighted by atomic mass is 79.9. The Kier molecular flexibility index (Phi) is 5.50. The van der Waals surface area contributed by atoms with Crippen molar-refractivity contribution in [3.63, 3.8) is 0 Å². The van der Waals surface area contributed by atoms with E-state index in [-0.39, 0.29) is 5.91 Å². The van der Waals surface area contributed by atoms with E-state index in [0.29, 0.717) is 14.8 Å². The maximum atomic E-state index is 12.2. The molecule has 5 nitrogen and oxygen atoms in total. The molecule has 2 heterocycles. The van der Waals surface area contributed by atoms with Crippen LogP contribution in [0.5, 0.6) is 0 Å². The number of anilines is 1. The molecule has 2 N–H and O–H groups in total. The molecule has 0 bridgehead atoms. The van der Waals surface area contributed by atoms with Gasteiger partial charge >= 0.3 is 0 Å². The van der Waals surface area contributed by atoms with Gasteiger partial charge in [0.25, 0.3) is 5.91 Å². The van der Waals surface area contributed by atoms with Crippen molar-refractivity contribution < 1.29 is 4.79 Å². The molecule has 3 rings (SSSR count). The largest absolute Gasteiger partial charge is 0.321 e. The summed E-state index contributed by atoms with van der Waals surface area (Å²) < 4.78 is 1.27. The summed E-state index contributed by atoms with van der Waals surface area (Å²) in [5.74, 6) is -0.248. The number of likely N-dealkylation sites (tertiary alicyclic amines) is 1. The summed E-state index contributed by atoms with van der Waals surface area (Å²) in [4.78, 5) is 14.7. The molecule has 0 atom stereocenters. The highest BCUT2D eigenvalue weighted by Gasteiger charge is 2.16. The van der Waals surface area contributed by atoms with E-state index in [9.17, 15) is 4.79 Å². The van der Waals surface area contributed by atoms with Crippen LogP contribution in [0.4, 0.5) is 5.69 Å². The highest BCUT2D eigenvalue weighted by molar-refractivity contribution is 9.13. The van der Waals surface area contributed by atoms with Crippen molar-refractivity contribution in [1.82, 2.24) is 15.1 Å². The van der Waals surface area contributed by atoms with Gasteiger partial charge in [0.15, 0.2) is 5.69 Å². The number of benzene rings is 1. The van der Waals surface area contributed by atoms with Crippen molar-refractivity contribution in [2.75, 3.05) is 18.4 Å². The van der Waals surface area contributed by atoms with Gasteiger partial charge in [0, 0.05) is 12.2 Å². The third-order valence-electron chi connectivity index (χ3n) is 3.95. The number of hydrogen-bond donors (Lipinski definition) is 2.